The summed E-state index contributed by atoms with van der Waals surface area (Å²) in [7, 11) is 1.64. The van der Waals surface area contributed by atoms with Crippen LogP contribution in [-0.4, -0.2) is 66.0 Å². The smallest absolute Gasteiger partial charge is 0.120 e. The minimum absolute atomic E-state index is 0.206. The number of nitrogens with zero attached hydrogens (tertiary/aromatic N) is 2. The molecule has 1 fully saturated rings. The number of aliphatic hydroxyl groups excluding tert-OH is 1. The first kappa shape index (κ1) is 20.6. The molecule has 0 aromatic heterocycles. The van der Waals surface area contributed by atoms with E-state index < -0.39 is 0 Å². The van der Waals surface area contributed by atoms with E-state index in [1.165, 1.54) is 5.56 Å². The zero-order valence-corrected chi connectivity index (χ0v) is 16.8. The minimum atomic E-state index is 0.206. The van der Waals surface area contributed by atoms with Gasteiger partial charge in [0.15, 0.2) is 0 Å². The van der Waals surface area contributed by atoms with Crippen LogP contribution in [0, 0.1) is 0 Å². The van der Waals surface area contributed by atoms with Crippen LogP contribution in [0.25, 0.3) is 0 Å². The molecule has 5 nitrogen and oxygen atoms in total. The molecule has 0 radical (unpaired) electrons. The molecule has 2 N–H and O–H groups in total. The lowest BCUT2D eigenvalue weighted by Crippen LogP contribution is -2.53. The number of aryl methyl sites for hydroxylation is 1. The first-order valence-corrected chi connectivity index (χ1v) is 10.2. The van der Waals surface area contributed by atoms with Crippen LogP contribution in [0.3, 0.4) is 0 Å². The van der Waals surface area contributed by atoms with Gasteiger partial charge in [-0.2, -0.15) is 0 Å². The Morgan fingerprint density at radius 3 is 2.68 bits per heavy atom. The molecule has 1 saturated heterocycles. The van der Waals surface area contributed by atoms with Crippen molar-refractivity contribution in [3.8, 4) is 11.5 Å². The highest BCUT2D eigenvalue weighted by atomic mass is 16.5. The molecule has 0 amide bonds. The molecule has 2 aromatic carbocycles. The van der Waals surface area contributed by atoms with Crippen LogP contribution in [0.5, 0.6) is 11.5 Å². The maximum atomic E-state index is 10.2. The number of hydrogen-bond donors (Lipinski definition) is 2. The number of ether oxygens (including phenoxy) is 1. The van der Waals surface area contributed by atoms with Crippen molar-refractivity contribution in [3.05, 3.63) is 59.7 Å². The lowest BCUT2D eigenvalue weighted by atomic mass is 10.1. The molecule has 0 aliphatic carbocycles. The van der Waals surface area contributed by atoms with Gasteiger partial charge in [0, 0.05) is 44.4 Å². The second kappa shape index (κ2) is 10.5. The Bertz CT molecular complexity index is 723. The molecular weight excluding hydrogens is 352 g/mol. The summed E-state index contributed by atoms with van der Waals surface area (Å²) in [5, 5.41) is 19.7. The van der Waals surface area contributed by atoms with Crippen LogP contribution >= 0.6 is 0 Å². The van der Waals surface area contributed by atoms with Gasteiger partial charge in [-0.15, -0.1) is 0 Å². The van der Waals surface area contributed by atoms with E-state index in [0.717, 1.165) is 56.8 Å². The Balaban J connectivity index is 1.54. The lowest BCUT2D eigenvalue weighted by molar-refractivity contribution is 0.0543. The van der Waals surface area contributed by atoms with Gasteiger partial charge in [-0.3, -0.25) is 9.80 Å². The molecule has 152 valence electrons. The molecule has 1 heterocycles. The Labute approximate surface area is 168 Å². The van der Waals surface area contributed by atoms with Gasteiger partial charge in [0.1, 0.15) is 11.5 Å². The van der Waals surface area contributed by atoms with E-state index in [-0.39, 0.29) is 6.61 Å². The largest absolute Gasteiger partial charge is 0.508 e. The van der Waals surface area contributed by atoms with E-state index in [4.69, 9.17) is 4.74 Å². The number of phenolic OH excluding ortho intramolecular Hbond substituents is 1. The number of phenols is 1. The summed E-state index contributed by atoms with van der Waals surface area (Å²) in [5.41, 5.74) is 2.27. The summed E-state index contributed by atoms with van der Waals surface area (Å²) in [4.78, 5) is 4.88. The molecule has 0 bridgehead atoms. The third-order valence-corrected chi connectivity index (χ3v) is 5.59. The zero-order chi connectivity index (χ0) is 19.8. The molecule has 0 unspecified atom stereocenters. The van der Waals surface area contributed by atoms with Gasteiger partial charge in [0.25, 0.3) is 0 Å². The Hall–Kier alpha value is -2.08. The Morgan fingerprint density at radius 2 is 1.93 bits per heavy atom. The fourth-order valence-corrected chi connectivity index (χ4v) is 4.01. The van der Waals surface area contributed by atoms with Crippen molar-refractivity contribution < 1.29 is 14.9 Å². The summed E-state index contributed by atoms with van der Waals surface area (Å²) < 4.78 is 5.29. The second-order valence-electron chi connectivity index (χ2n) is 7.52. The van der Waals surface area contributed by atoms with Gasteiger partial charge < -0.3 is 14.9 Å². The molecule has 1 aliphatic heterocycles. The number of hydrogen-bond acceptors (Lipinski definition) is 5. The van der Waals surface area contributed by atoms with Gasteiger partial charge in [0.05, 0.1) is 7.11 Å². The Morgan fingerprint density at radius 1 is 1.11 bits per heavy atom. The maximum absolute atomic E-state index is 10.2. The molecule has 5 heteroatoms. The number of aliphatic hydroxyl groups is 1. The van der Waals surface area contributed by atoms with E-state index in [1.54, 1.807) is 19.2 Å². The van der Waals surface area contributed by atoms with Crippen LogP contribution in [0.4, 0.5) is 0 Å². The number of methoxy groups -OCH3 is 1. The average Bonchev–Trinajstić information content (AvgIpc) is 2.72. The van der Waals surface area contributed by atoms with Crippen molar-refractivity contribution in [2.24, 2.45) is 0 Å². The normalized spacial score (nSPS) is 18.3. The van der Waals surface area contributed by atoms with Crippen molar-refractivity contribution in [2.75, 3.05) is 39.9 Å². The molecule has 0 saturated carbocycles. The molecule has 0 spiro atoms. The topological polar surface area (TPSA) is 56.2 Å². The van der Waals surface area contributed by atoms with Crippen LogP contribution < -0.4 is 4.74 Å². The standard InChI is InChI=1S/C23H32N2O3/c1-28-22-9-10-23(27)20(16-22)17-24-13-14-25(21(18-24)11-15-26)12-5-8-19-6-3-2-4-7-19/h2-4,6-7,9-10,16,21,26-27H,5,8,11-15,17-18H2,1H3/t21-/m1/s1. The van der Waals surface area contributed by atoms with Crippen LogP contribution in [-0.2, 0) is 13.0 Å². The van der Waals surface area contributed by atoms with Gasteiger partial charge >= 0.3 is 0 Å². The van der Waals surface area contributed by atoms with Crippen molar-refractivity contribution in [1.29, 1.82) is 0 Å². The molecule has 3 rings (SSSR count). The highest BCUT2D eigenvalue weighted by Crippen LogP contribution is 2.25. The number of aromatic hydroxyl groups is 1. The van der Waals surface area contributed by atoms with Crippen molar-refractivity contribution in [2.45, 2.75) is 31.8 Å². The molecule has 2 aromatic rings. The zero-order valence-electron chi connectivity index (χ0n) is 16.8. The quantitative estimate of drug-likeness (QED) is 0.696. The fourth-order valence-electron chi connectivity index (χ4n) is 4.01. The van der Waals surface area contributed by atoms with Crippen molar-refractivity contribution in [3.63, 3.8) is 0 Å². The summed E-state index contributed by atoms with van der Waals surface area (Å²) in [6, 6.07) is 16.3. The first-order chi connectivity index (χ1) is 13.7. The number of benzene rings is 2. The summed E-state index contributed by atoms with van der Waals surface area (Å²) in [6.07, 6.45) is 3.00. The highest BCUT2D eigenvalue weighted by Gasteiger charge is 2.26. The van der Waals surface area contributed by atoms with E-state index in [2.05, 4.69) is 40.1 Å². The fraction of sp³-hybridized carbons (Fsp3) is 0.478. The van der Waals surface area contributed by atoms with Crippen LogP contribution in [0.2, 0.25) is 0 Å². The second-order valence-corrected chi connectivity index (χ2v) is 7.52. The summed E-state index contributed by atoms with van der Waals surface area (Å²) >= 11 is 0. The minimum Gasteiger partial charge on any atom is -0.508 e. The number of piperazine rings is 1. The third-order valence-electron chi connectivity index (χ3n) is 5.59. The monoisotopic (exact) mass is 384 g/mol. The molecular formula is C23H32N2O3. The molecule has 1 aliphatic rings. The van der Waals surface area contributed by atoms with Gasteiger partial charge in [-0.05, 0) is 49.6 Å². The van der Waals surface area contributed by atoms with Crippen molar-refractivity contribution in [1.82, 2.24) is 9.80 Å². The Kier molecular flexibility index (Phi) is 7.71. The van der Waals surface area contributed by atoms with E-state index in [1.807, 2.05) is 6.07 Å². The third kappa shape index (κ3) is 5.71. The average molecular weight is 385 g/mol. The predicted molar refractivity (Wildman–Crippen MR) is 112 cm³/mol. The molecule has 28 heavy (non-hydrogen) atoms. The van der Waals surface area contributed by atoms with Gasteiger partial charge in [0.2, 0.25) is 0 Å². The highest BCUT2D eigenvalue weighted by molar-refractivity contribution is 5.39. The number of rotatable bonds is 9. The van der Waals surface area contributed by atoms with Crippen LogP contribution in [0.1, 0.15) is 24.0 Å². The predicted octanol–water partition coefficient (Wildman–Crippen LogP) is 2.90. The van der Waals surface area contributed by atoms with Crippen LogP contribution in [0.15, 0.2) is 48.5 Å². The lowest BCUT2D eigenvalue weighted by Gasteiger charge is -2.41. The summed E-state index contributed by atoms with van der Waals surface area (Å²) in [6.45, 7) is 4.81. The first-order valence-electron chi connectivity index (χ1n) is 10.2. The summed E-state index contributed by atoms with van der Waals surface area (Å²) in [5.74, 6) is 1.07. The van der Waals surface area contributed by atoms with E-state index in [0.29, 0.717) is 18.3 Å². The van der Waals surface area contributed by atoms with E-state index in [9.17, 15) is 10.2 Å². The maximum Gasteiger partial charge on any atom is 0.120 e. The van der Waals surface area contributed by atoms with Gasteiger partial charge in [-0.25, -0.2) is 0 Å². The molecule has 1 atom stereocenters. The van der Waals surface area contributed by atoms with Gasteiger partial charge in [-0.1, -0.05) is 30.3 Å². The van der Waals surface area contributed by atoms with E-state index >= 15 is 0 Å². The SMILES string of the molecule is COc1ccc(O)c(CN2CCN(CCCc3ccccc3)[C@H](CCO)C2)c1. The van der Waals surface area contributed by atoms with Crippen molar-refractivity contribution >= 4 is 0 Å².